The van der Waals surface area contributed by atoms with Crippen LogP contribution in [-0.2, 0) is 19.1 Å². The van der Waals surface area contributed by atoms with Crippen molar-refractivity contribution in [3.63, 3.8) is 0 Å². The number of fused-ring (bicyclic) bond motifs is 3. The van der Waals surface area contributed by atoms with E-state index in [1.807, 2.05) is 112 Å². The van der Waals surface area contributed by atoms with E-state index < -0.39 is 47.7 Å². The second kappa shape index (κ2) is 19.5. The molecule has 354 valence electrons. The number of aryl methyl sites for hydroxylation is 3. The average molecular weight is 958 g/mol. The summed E-state index contributed by atoms with van der Waals surface area (Å²) in [6.07, 6.45) is -2.31. The van der Waals surface area contributed by atoms with E-state index in [0.717, 1.165) is 59.4 Å². The van der Waals surface area contributed by atoms with Crippen LogP contribution in [0.2, 0.25) is 0 Å². The lowest BCUT2D eigenvalue weighted by Gasteiger charge is -2.35. The van der Waals surface area contributed by atoms with Gasteiger partial charge in [-0.05, 0) is 80.0 Å². The van der Waals surface area contributed by atoms with Gasteiger partial charge < -0.3 is 30.1 Å². The third-order valence-corrected chi connectivity index (χ3v) is 14.5. The Kier molecular flexibility index (Phi) is 13.7. The summed E-state index contributed by atoms with van der Waals surface area (Å²) in [4.78, 5) is 66.8. The molecule has 0 radical (unpaired) electrons. The smallest absolute Gasteiger partial charge is 0.408 e. The van der Waals surface area contributed by atoms with Crippen LogP contribution in [0.25, 0.3) is 26.6 Å². The first-order valence-corrected chi connectivity index (χ1v) is 24.0. The largest absolute Gasteiger partial charge is 0.484 e. The average Bonchev–Trinajstić information content (AvgIpc) is 4.09. The van der Waals surface area contributed by atoms with Gasteiger partial charge in [0.25, 0.3) is 5.91 Å². The Labute approximate surface area is 402 Å². The number of methoxy groups -OCH3 is 1. The SMILES string of the molecule is COC(=O)NC1N=C(c2ccc(-c3ccc(OCC(=O)N[C@H](C(=O)N4C[C@H](O)C[C@H]4C(=O)N[C@@H](C)c4ccc(-c5scnc5C)cc4)C(C)(C)C)cc3)cc2)c2c(sc(C)c2C)-n2c(C)nnc21. The van der Waals surface area contributed by atoms with Crippen molar-refractivity contribution in [3.8, 4) is 32.3 Å². The molecule has 0 saturated carbocycles. The van der Waals surface area contributed by atoms with Crippen LogP contribution in [0.1, 0.15) is 90.8 Å². The molecule has 6 aromatic rings. The van der Waals surface area contributed by atoms with Gasteiger partial charge in [-0.25, -0.2) is 9.78 Å². The number of aromatic nitrogens is 4. The molecule has 4 amide bonds. The number of rotatable bonds is 12. The number of ether oxygens (including phenoxy) is 2. The van der Waals surface area contributed by atoms with E-state index in [0.29, 0.717) is 23.1 Å². The number of β-amino-alcohol motifs (C(OH)–C–C–N with tert-alkyl or cyclic N) is 1. The Bertz CT molecular complexity index is 2880. The number of aliphatic imine (C=N–C) groups is 1. The molecular formula is C50H55N9O7S2. The molecule has 1 unspecified atom stereocenters. The van der Waals surface area contributed by atoms with E-state index in [9.17, 15) is 24.3 Å². The topological polar surface area (TPSA) is 202 Å². The molecule has 3 aromatic heterocycles. The standard InChI is InChI=1S/C50H55N9O7S2/c1-26-29(4)68-48-40(26)41(54-44(55-49(64)65-9)45-57-56-30(5)59(45)48)34-14-12-32(13-15-34)33-18-20-37(21-19-33)66-24-39(61)53-43(50(6,7)8)47(63)58-23-36(60)22-38(58)46(62)52-27(2)31-10-16-35(17-11-31)42-28(3)51-25-67-42/h10-21,25,27,36,38,43-44,60H,22-24H2,1-9H3,(H,52,62)(H,53,61)(H,55,64)/t27-,36+,38-,43+,44?/m0/s1. The summed E-state index contributed by atoms with van der Waals surface area (Å²) in [6.45, 7) is 15.0. The highest BCUT2D eigenvalue weighted by molar-refractivity contribution is 7.15. The third-order valence-electron chi connectivity index (χ3n) is 12.4. The Morgan fingerprint density at radius 3 is 2.16 bits per heavy atom. The normalized spacial score (nSPS) is 17.5. The predicted molar refractivity (Wildman–Crippen MR) is 261 cm³/mol. The maximum absolute atomic E-state index is 14.2. The molecule has 16 nitrogen and oxygen atoms in total. The van der Waals surface area contributed by atoms with Crippen LogP contribution in [0.5, 0.6) is 5.75 Å². The van der Waals surface area contributed by atoms with E-state index in [1.165, 1.54) is 12.0 Å². The number of nitrogens with one attached hydrogen (secondary N) is 3. The van der Waals surface area contributed by atoms with E-state index in [-0.39, 0.29) is 31.5 Å². The molecular weight excluding hydrogens is 903 g/mol. The number of carbonyl (C=O) groups is 4. The maximum atomic E-state index is 14.2. The van der Waals surface area contributed by atoms with E-state index in [1.54, 1.807) is 34.8 Å². The molecule has 68 heavy (non-hydrogen) atoms. The van der Waals surface area contributed by atoms with Gasteiger partial charge in [-0.2, -0.15) is 0 Å². The molecule has 1 saturated heterocycles. The van der Waals surface area contributed by atoms with Gasteiger partial charge in [0, 0.05) is 29.0 Å². The molecule has 0 bridgehead atoms. The molecule has 2 aliphatic heterocycles. The molecule has 1 fully saturated rings. The first-order chi connectivity index (χ1) is 32.4. The minimum absolute atomic E-state index is 0.0365. The van der Waals surface area contributed by atoms with Crippen molar-refractivity contribution in [1.29, 1.82) is 0 Å². The van der Waals surface area contributed by atoms with Crippen LogP contribution in [-0.4, -0.2) is 97.7 Å². The van der Waals surface area contributed by atoms with Gasteiger partial charge in [0.1, 0.15) is 28.7 Å². The first-order valence-electron chi connectivity index (χ1n) is 22.3. The van der Waals surface area contributed by atoms with Gasteiger partial charge in [-0.1, -0.05) is 81.4 Å². The molecule has 8 rings (SSSR count). The van der Waals surface area contributed by atoms with Crippen LogP contribution < -0.4 is 20.7 Å². The van der Waals surface area contributed by atoms with Crippen molar-refractivity contribution in [3.05, 3.63) is 123 Å². The Hall–Kier alpha value is -6.76. The molecule has 0 spiro atoms. The number of aliphatic hydroxyl groups excluding tert-OH is 1. The first kappa shape index (κ1) is 47.7. The number of hydrogen-bond acceptors (Lipinski definition) is 13. The quantitative estimate of drug-likeness (QED) is 0.0964. The lowest BCUT2D eigenvalue weighted by molar-refractivity contribution is -0.144. The Morgan fingerprint density at radius 2 is 1.53 bits per heavy atom. The highest BCUT2D eigenvalue weighted by atomic mass is 32.1. The van der Waals surface area contributed by atoms with Crippen molar-refractivity contribution in [1.82, 2.24) is 40.6 Å². The number of alkyl carbamates (subject to hydrolysis) is 1. The number of thiophene rings is 1. The number of likely N-dealkylation sites (tertiary alicyclic amines) is 1. The molecule has 18 heteroatoms. The molecule has 0 aliphatic carbocycles. The van der Waals surface area contributed by atoms with Gasteiger partial charge in [-0.15, -0.1) is 32.9 Å². The zero-order valence-electron chi connectivity index (χ0n) is 39.4. The minimum Gasteiger partial charge on any atom is -0.484 e. The van der Waals surface area contributed by atoms with Crippen LogP contribution in [0.15, 0.2) is 83.3 Å². The zero-order valence-corrected chi connectivity index (χ0v) is 41.0. The highest BCUT2D eigenvalue weighted by Gasteiger charge is 2.45. The van der Waals surface area contributed by atoms with E-state index >= 15 is 0 Å². The highest BCUT2D eigenvalue weighted by Crippen LogP contribution is 2.39. The number of aliphatic hydroxyl groups is 1. The van der Waals surface area contributed by atoms with Gasteiger partial charge >= 0.3 is 6.09 Å². The number of carbonyl (C=O) groups excluding carboxylic acids is 4. The molecule has 4 N–H and O–H groups in total. The number of hydrogen-bond donors (Lipinski definition) is 4. The number of thiazole rings is 1. The van der Waals surface area contributed by atoms with Gasteiger partial charge in [-0.3, -0.25) is 29.3 Å². The van der Waals surface area contributed by atoms with Crippen LogP contribution >= 0.6 is 22.7 Å². The van der Waals surface area contributed by atoms with E-state index in [4.69, 9.17) is 14.5 Å². The number of amides is 4. The van der Waals surface area contributed by atoms with Crippen LogP contribution in [0.3, 0.4) is 0 Å². The van der Waals surface area contributed by atoms with Crippen molar-refractivity contribution >= 4 is 52.2 Å². The Balaban J connectivity index is 0.905. The summed E-state index contributed by atoms with van der Waals surface area (Å²) >= 11 is 3.19. The van der Waals surface area contributed by atoms with Crippen molar-refractivity contribution in [2.24, 2.45) is 10.4 Å². The Morgan fingerprint density at radius 1 is 0.882 bits per heavy atom. The number of nitrogens with zero attached hydrogens (tertiary/aromatic N) is 6. The second-order valence-electron chi connectivity index (χ2n) is 18.2. The van der Waals surface area contributed by atoms with Crippen LogP contribution in [0.4, 0.5) is 4.79 Å². The number of benzene rings is 3. The van der Waals surface area contributed by atoms with Gasteiger partial charge in [0.15, 0.2) is 18.6 Å². The summed E-state index contributed by atoms with van der Waals surface area (Å²) in [7, 11) is 1.30. The lowest BCUT2D eigenvalue weighted by Crippen LogP contribution is -2.58. The monoisotopic (exact) mass is 957 g/mol. The second-order valence-corrected chi connectivity index (χ2v) is 20.3. The summed E-state index contributed by atoms with van der Waals surface area (Å²) in [5.41, 5.74) is 9.36. The summed E-state index contributed by atoms with van der Waals surface area (Å²) < 4.78 is 12.8. The van der Waals surface area contributed by atoms with Gasteiger partial charge in [0.2, 0.25) is 11.8 Å². The summed E-state index contributed by atoms with van der Waals surface area (Å²) in [5.74, 6) is 0.256. The van der Waals surface area contributed by atoms with Crippen molar-refractivity contribution in [2.75, 3.05) is 20.3 Å². The van der Waals surface area contributed by atoms with Crippen molar-refractivity contribution in [2.45, 2.75) is 92.2 Å². The minimum atomic E-state index is -1.01. The molecule has 2 aliphatic rings. The van der Waals surface area contributed by atoms with Crippen LogP contribution in [0, 0.1) is 33.1 Å². The van der Waals surface area contributed by atoms with Gasteiger partial charge in [0.05, 0.1) is 41.0 Å². The summed E-state index contributed by atoms with van der Waals surface area (Å²) in [5, 5.41) is 29.0. The zero-order chi connectivity index (χ0) is 48.6. The maximum Gasteiger partial charge on any atom is 0.408 e. The fourth-order valence-electron chi connectivity index (χ4n) is 8.52. The lowest BCUT2D eigenvalue weighted by atomic mass is 9.85. The molecule has 5 atom stereocenters. The fourth-order valence-corrected chi connectivity index (χ4v) is 10.5. The van der Waals surface area contributed by atoms with Crippen molar-refractivity contribution < 1.29 is 33.8 Å². The fraction of sp³-hybridized carbons (Fsp3) is 0.360. The third kappa shape index (κ3) is 9.79. The molecule has 5 heterocycles. The predicted octanol–water partition coefficient (Wildman–Crippen LogP) is 7.31. The van der Waals surface area contributed by atoms with E-state index in [2.05, 4.69) is 45.0 Å². The summed E-state index contributed by atoms with van der Waals surface area (Å²) in [6, 6.07) is 20.9. The molecule has 3 aromatic carbocycles.